The Bertz CT molecular complexity index is 792. The molecular weight excluding hydrogens is 264 g/mol. The van der Waals surface area contributed by atoms with Crippen molar-refractivity contribution in [2.24, 2.45) is 0 Å². The van der Waals surface area contributed by atoms with Crippen molar-refractivity contribution in [1.82, 2.24) is 14.5 Å². The van der Waals surface area contributed by atoms with Crippen molar-refractivity contribution >= 4 is 17.1 Å². The van der Waals surface area contributed by atoms with Gasteiger partial charge in [0.25, 0.3) is 0 Å². The molecule has 5 heteroatoms. The monoisotopic (exact) mass is 282 g/mol. The molecule has 2 N–H and O–H groups in total. The lowest BCUT2D eigenvalue weighted by Gasteiger charge is -2.14. The Morgan fingerprint density at radius 1 is 1.10 bits per heavy atom. The minimum Gasteiger partial charge on any atom is -0.481 e. The molecule has 0 saturated heterocycles. The second kappa shape index (κ2) is 5.09. The maximum atomic E-state index is 6.12. The van der Waals surface area contributed by atoms with Crippen molar-refractivity contribution in [1.29, 1.82) is 0 Å². The van der Waals surface area contributed by atoms with Gasteiger partial charge in [-0.2, -0.15) is 4.98 Å². The van der Waals surface area contributed by atoms with Gasteiger partial charge in [0.05, 0.1) is 12.8 Å². The first-order chi connectivity index (χ1) is 10.1. The summed E-state index contributed by atoms with van der Waals surface area (Å²) in [5.41, 5.74) is 9.79. The van der Waals surface area contributed by atoms with Crippen LogP contribution in [0.15, 0.2) is 36.4 Å². The molecule has 0 aliphatic heterocycles. The molecule has 2 aromatic heterocycles. The van der Waals surface area contributed by atoms with Crippen molar-refractivity contribution in [2.75, 3.05) is 12.8 Å². The summed E-state index contributed by atoms with van der Waals surface area (Å²) in [7, 11) is 1.60. The van der Waals surface area contributed by atoms with E-state index in [9.17, 15) is 0 Å². The summed E-state index contributed by atoms with van der Waals surface area (Å²) in [6.45, 7) is 4.31. The molecule has 0 unspecified atom stereocenters. The van der Waals surface area contributed by atoms with E-state index < -0.39 is 0 Å². The zero-order valence-electron chi connectivity index (χ0n) is 12.4. The molecule has 0 aliphatic carbocycles. The molecule has 0 bridgehead atoms. The summed E-state index contributed by atoms with van der Waals surface area (Å²) in [5, 5.41) is 0. The standard InChI is InChI=1S/C16H18N4O/c1-10(2)11-6-4-5-7-13(11)20-15-12(18-16(20)17)8-9-14(19-15)21-3/h4-10H,1-3H3,(H2,17,18). The third-order valence-corrected chi connectivity index (χ3v) is 3.51. The number of nitrogens with zero attached hydrogens (tertiary/aromatic N) is 3. The lowest BCUT2D eigenvalue weighted by molar-refractivity contribution is 0.399. The second-order valence-corrected chi connectivity index (χ2v) is 5.22. The van der Waals surface area contributed by atoms with Gasteiger partial charge in [0, 0.05) is 6.07 Å². The Balaban J connectivity index is 2.32. The predicted molar refractivity (Wildman–Crippen MR) is 83.9 cm³/mol. The van der Waals surface area contributed by atoms with E-state index in [0.29, 0.717) is 23.4 Å². The SMILES string of the molecule is COc1ccc2nc(N)n(-c3ccccc3C(C)C)c2n1. The summed E-state index contributed by atoms with van der Waals surface area (Å²) in [4.78, 5) is 8.88. The molecule has 0 radical (unpaired) electrons. The largest absolute Gasteiger partial charge is 0.481 e. The molecule has 108 valence electrons. The average Bonchev–Trinajstić information content (AvgIpc) is 2.81. The summed E-state index contributed by atoms with van der Waals surface area (Å²) in [6.07, 6.45) is 0. The maximum Gasteiger partial charge on any atom is 0.215 e. The molecule has 0 atom stereocenters. The van der Waals surface area contributed by atoms with Crippen LogP contribution in [0.4, 0.5) is 5.95 Å². The molecule has 1 aromatic carbocycles. The number of nitrogens with two attached hydrogens (primary N) is 1. The Labute approximate surface area is 123 Å². The van der Waals surface area contributed by atoms with Crippen LogP contribution in [-0.4, -0.2) is 21.6 Å². The Morgan fingerprint density at radius 3 is 2.57 bits per heavy atom. The van der Waals surface area contributed by atoms with Gasteiger partial charge in [-0.15, -0.1) is 0 Å². The van der Waals surface area contributed by atoms with E-state index in [0.717, 1.165) is 11.2 Å². The molecular formula is C16H18N4O. The molecule has 3 rings (SSSR count). The van der Waals surface area contributed by atoms with Crippen LogP contribution in [0, 0.1) is 0 Å². The van der Waals surface area contributed by atoms with E-state index in [2.05, 4.69) is 29.9 Å². The second-order valence-electron chi connectivity index (χ2n) is 5.22. The van der Waals surface area contributed by atoms with Crippen molar-refractivity contribution in [3.63, 3.8) is 0 Å². The smallest absolute Gasteiger partial charge is 0.215 e. The van der Waals surface area contributed by atoms with Crippen LogP contribution in [0.1, 0.15) is 25.3 Å². The number of hydrogen-bond acceptors (Lipinski definition) is 4. The van der Waals surface area contributed by atoms with Gasteiger partial charge in [0.2, 0.25) is 11.8 Å². The number of hydrogen-bond donors (Lipinski definition) is 1. The lowest BCUT2D eigenvalue weighted by atomic mass is 10.0. The fourth-order valence-corrected chi connectivity index (χ4v) is 2.49. The number of anilines is 1. The minimum absolute atomic E-state index is 0.378. The average molecular weight is 282 g/mol. The molecule has 0 fully saturated rings. The molecule has 2 heterocycles. The van der Waals surface area contributed by atoms with Crippen LogP contribution in [0.5, 0.6) is 5.88 Å². The third kappa shape index (κ3) is 2.20. The first-order valence-electron chi connectivity index (χ1n) is 6.90. The quantitative estimate of drug-likeness (QED) is 0.801. The normalized spacial score (nSPS) is 11.2. The van der Waals surface area contributed by atoms with E-state index in [1.54, 1.807) is 13.2 Å². The van der Waals surface area contributed by atoms with Gasteiger partial charge in [-0.1, -0.05) is 32.0 Å². The highest BCUT2D eigenvalue weighted by Crippen LogP contribution is 2.29. The third-order valence-electron chi connectivity index (χ3n) is 3.51. The van der Waals surface area contributed by atoms with Crippen LogP contribution in [-0.2, 0) is 0 Å². The Kier molecular flexibility index (Phi) is 3.25. The zero-order valence-corrected chi connectivity index (χ0v) is 12.4. The number of para-hydroxylation sites is 1. The number of aromatic nitrogens is 3. The van der Waals surface area contributed by atoms with Gasteiger partial charge in [-0.05, 0) is 23.6 Å². The summed E-state index contributed by atoms with van der Waals surface area (Å²) >= 11 is 0. The first kappa shape index (κ1) is 13.4. The van der Waals surface area contributed by atoms with Gasteiger partial charge in [0.15, 0.2) is 5.65 Å². The fourth-order valence-electron chi connectivity index (χ4n) is 2.49. The molecule has 0 spiro atoms. The van der Waals surface area contributed by atoms with Crippen molar-refractivity contribution < 1.29 is 4.74 Å². The topological polar surface area (TPSA) is 66.0 Å². The van der Waals surface area contributed by atoms with Crippen molar-refractivity contribution in [3.8, 4) is 11.6 Å². The van der Waals surface area contributed by atoms with Crippen LogP contribution < -0.4 is 10.5 Å². The van der Waals surface area contributed by atoms with Crippen LogP contribution >= 0.6 is 0 Å². The number of nitrogen functional groups attached to an aromatic ring is 1. The number of fused-ring (bicyclic) bond motifs is 1. The van der Waals surface area contributed by atoms with Crippen LogP contribution in [0.3, 0.4) is 0 Å². The van der Waals surface area contributed by atoms with E-state index in [1.165, 1.54) is 5.56 Å². The number of rotatable bonds is 3. The van der Waals surface area contributed by atoms with Gasteiger partial charge < -0.3 is 10.5 Å². The molecule has 0 amide bonds. The zero-order chi connectivity index (χ0) is 15.0. The predicted octanol–water partition coefficient (Wildman–Crippen LogP) is 3.13. The molecule has 5 nitrogen and oxygen atoms in total. The van der Waals surface area contributed by atoms with Crippen LogP contribution in [0.25, 0.3) is 16.9 Å². The first-order valence-corrected chi connectivity index (χ1v) is 6.90. The summed E-state index contributed by atoms with van der Waals surface area (Å²) < 4.78 is 7.09. The fraction of sp³-hybridized carbons (Fsp3) is 0.250. The van der Waals surface area contributed by atoms with Gasteiger partial charge >= 0.3 is 0 Å². The highest BCUT2D eigenvalue weighted by atomic mass is 16.5. The number of imidazole rings is 1. The number of methoxy groups -OCH3 is 1. The number of benzene rings is 1. The van der Waals surface area contributed by atoms with Gasteiger partial charge in [0.1, 0.15) is 5.52 Å². The minimum atomic E-state index is 0.378. The highest BCUT2D eigenvalue weighted by Gasteiger charge is 2.16. The Hall–Kier alpha value is -2.56. The van der Waals surface area contributed by atoms with E-state index in [1.807, 2.05) is 28.8 Å². The van der Waals surface area contributed by atoms with Crippen LogP contribution in [0.2, 0.25) is 0 Å². The summed E-state index contributed by atoms with van der Waals surface area (Å²) in [6, 6.07) is 11.8. The lowest BCUT2D eigenvalue weighted by Crippen LogP contribution is -2.05. The van der Waals surface area contributed by atoms with Gasteiger partial charge in [-0.3, -0.25) is 4.57 Å². The molecule has 0 saturated carbocycles. The van der Waals surface area contributed by atoms with Crippen molar-refractivity contribution in [3.05, 3.63) is 42.0 Å². The van der Waals surface area contributed by atoms with Gasteiger partial charge in [-0.25, -0.2) is 4.98 Å². The molecule has 0 aliphatic rings. The van der Waals surface area contributed by atoms with E-state index >= 15 is 0 Å². The van der Waals surface area contributed by atoms with Crippen molar-refractivity contribution in [2.45, 2.75) is 19.8 Å². The Morgan fingerprint density at radius 2 is 1.86 bits per heavy atom. The molecule has 21 heavy (non-hydrogen) atoms. The maximum absolute atomic E-state index is 6.12. The number of ether oxygens (including phenoxy) is 1. The summed E-state index contributed by atoms with van der Waals surface area (Å²) in [5.74, 6) is 1.35. The van der Waals surface area contributed by atoms with E-state index in [4.69, 9.17) is 10.5 Å². The molecule has 3 aromatic rings. The van der Waals surface area contributed by atoms with E-state index in [-0.39, 0.29) is 0 Å². The highest BCUT2D eigenvalue weighted by molar-refractivity contribution is 5.78. The number of pyridine rings is 1.